The molecular formula is C37H28N2O. The molecule has 4 aromatic carbocycles. The predicted octanol–water partition coefficient (Wildman–Crippen LogP) is 9.22. The van der Waals surface area contributed by atoms with Crippen LogP contribution < -0.4 is 9.80 Å². The molecule has 0 amide bonds. The molecule has 2 aliphatic heterocycles. The van der Waals surface area contributed by atoms with Gasteiger partial charge in [-0.3, -0.25) is 0 Å². The summed E-state index contributed by atoms with van der Waals surface area (Å²) in [6.07, 6.45) is 18.1. The van der Waals surface area contributed by atoms with Gasteiger partial charge in [-0.15, -0.1) is 0 Å². The number of nitrogens with zero attached hydrogens (tertiary/aromatic N) is 2. The third-order valence-corrected chi connectivity index (χ3v) is 9.42. The van der Waals surface area contributed by atoms with E-state index < -0.39 is 0 Å². The number of furan rings is 1. The highest BCUT2D eigenvalue weighted by Crippen LogP contribution is 2.53. The first-order valence-electron chi connectivity index (χ1n) is 14.1. The molecule has 0 radical (unpaired) electrons. The van der Waals surface area contributed by atoms with Crippen LogP contribution in [0.1, 0.15) is 24.0 Å². The van der Waals surface area contributed by atoms with Crippen LogP contribution in [0.25, 0.3) is 21.9 Å². The summed E-state index contributed by atoms with van der Waals surface area (Å²) >= 11 is 0. The van der Waals surface area contributed by atoms with Crippen LogP contribution in [0.5, 0.6) is 0 Å². The van der Waals surface area contributed by atoms with Crippen molar-refractivity contribution in [1.29, 1.82) is 0 Å². The molecule has 0 spiro atoms. The summed E-state index contributed by atoms with van der Waals surface area (Å²) < 4.78 is 6.52. The van der Waals surface area contributed by atoms with Gasteiger partial charge in [0.25, 0.3) is 0 Å². The number of allylic oxidation sites excluding steroid dienone is 4. The van der Waals surface area contributed by atoms with Gasteiger partial charge in [-0.1, -0.05) is 85.0 Å². The number of benzene rings is 4. The Hall–Kier alpha value is -4.76. The lowest BCUT2D eigenvalue weighted by Gasteiger charge is -2.34. The average molecular weight is 517 g/mol. The molecule has 9 rings (SSSR count). The second-order valence-electron chi connectivity index (χ2n) is 11.5. The molecule has 0 bridgehead atoms. The van der Waals surface area contributed by atoms with Crippen molar-refractivity contribution in [2.24, 2.45) is 0 Å². The molecule has 5 aromatic rings. The van der Waals surface area contributed by atoms with Crippen LogP contribution in [0.15, 0.2) is 138 Å². The Morgan fingerprint density at radius 1 is 0.650 bits per heavy atom. The molecule has 0 fully saturated rings. The maximum atomic E-state index is 6.52. The van der Waals surface area contributed by atoms with Crippen molar-refractivity contribution in [2.45, 2.75) is 30.3 Å². The zero-order chi connectivity index (χ0) is 26.4. The molecule has 4 unspecified atom stereocenters. The van der Waals surface area contributed by atoms with E-state index in [1.165, 1.54) is 44.6 Å². The summed E-state index contributed by atoms with van der Waals surface area (Å²) in [4.78, 5) is 4.96. The molecule has 1 aromatic heterocycles. The highest BCUT2D eigenvalue weighted by Gasteiger charge is 2.46. The second-order valence-corrected chi connectivity index (χ2v) is 11.5. The van der Waals surface area contributed by atoms with Gasteiger partial charge in [0, 0.05) is 50.9 Å². The zero-order valence-corrected chi connectivity index (χ0v) is 22.2. The van der Waals surface area contributed by atoms with E-state index in [1.807, 2.05) is 0 Å². The van der Waals surface area contributed by atoms with E-state index in [0.29, 0.717) is 5.92 Å². The smallest absolute Gasteiger partial charge is 0.137 e. The summed E-state index contributed by atoms with van der Waals surface area (Å²) in [5.74, 6) is 0.308. The molecule has 0 N–H and O–H groups in total. The summed E-state index contributed by atoms with van der Waals surface area (Å²) in [7, 11) is 0. The molecule has 3 heteroatoms. The van der Waals surface area contributed by atoms with E-state index in [2.05, 4.69) is 150 Å². The van der Waals surface area contributed by atoms with Gasteiger partial charge in [-0.25, -0.2) is 0 Å². The van der Waals surface area contributed by atoms with Gasteiger partial charge >= 0.3 is 0 Å². The van der Waals surface area contributed by atoms with Crippen molar-refractivity contribution in [1.82, 2.24) is 0 Å². The van der Waals surface area contributed by atoms with Crippen molar-refractivity contribution < 1.29 is 4.42 Å². The van der Waals surface area contributed by atoms with Gasteiger partial charge < -0.3 is 14.2 Å². The molecule has 4 aliphatic rings. The molecule has 2 aliphatic carbocycles. The Balaban J connectivity index is 1.23. The average Bonchev–Trinajstić information content (AvgIpc) is 3.61. The first-order chi connectivity index (χ1) is 19.7. The van der Waals surface area contributed by atoms with Gasteiger partial charge in [0.2, 0.25) is 0 Å². The van der Waals surface area contributed by atoms with Gasteiger partial charge in [0.15, 0.2) is 0 Å². The Bertz CT molecular complexity index is 1960. The van der Waals surface area contributed by atoms with Crippen molar-refractivity contribution in [3.63, 3.8) is 0 Å². The van der Waals surface area contributed by atoms with Crippen LogP contribution in [-0.2, 0) is 5.41 Å². The first-order valence-corrected chi connectivity index (χ1v) is 14.1. The van der Waals surface area contributed by atoms with Crippen molar-refractivity contribution in [3.8, 4) is 0 Å². The minimum atomic E-state index is -0.0592. The predicted molar refractivity (Wildman–Crippen MR) is 165 cm³/mol. The second kappa shape index (κ2) is 7.89. The third-order valence-electron chi connectivity index (χ3n) is 9.42. The molecule has 40 heavy (non-hydrogen) atoms. The van der Waals surface area contributed by atoms with Gasteiger partial charge in [-0.05, 0) is 60.5 Å². The van der Waals surface area contributed by atoms with E-state index >= 15 is 0 Å². The number of para-hydroxylation sites is 2. The number of hydrogen-bond donors (Lipinski definition) is 0. The van der Waals surface area contributed by atoms with Gasteiger partial charge in [0.05, 0.1) is 12.1 Å². The number of rotatable bonds is 2. The normalized spacial score (nSPS) is 25.5. The van der Waals surface area contributed by atoms with E-state index in [9.17, 15) is 0 Å². The maximum absolute atomic E-state index is 6.52. The monoisotopic (exact) mass is 516 g/mol. The molecular weight excluding hydrogens is 488 g/mol. The minimum absolute atomic E-state index is 0.0592. The lowest BCUT2D eigenvalue weighted by Crippen LogP contribution is -2.39. The van der Waals surface area contributed by atoms with Crippen LogP contribution in [0.4, 0.5) is 22.7 Å². The fourth-order valence-electron chi connectivity index (χ4n) is 7.55. The van der Waals surface area contributed by atoms with E-state index in [4.69, 9.17) is 4.42 Å². The topological polar surface area (TPSA) is 19.6 Å². The summed E-state index contributed by atoms with van der Waals surface area (Å²) in [5, 5.41) is 2.35. The first kappa shape index (κ1) is 22.1. The summed E-state index contributed by atoms with van der Waals surface area (Å²) in [6, 6.07) is 31.4. The van der Waals surface area contributed by atoms with E-state index in [0.717, 1.165) is 11.2 Å². The van der Waals surface area contributed by atoms with Crippen LogP contribution in [0.3, 0.4) is 0 Å². The maximum Gasteiger partial charge on any atom is 0.137 e. The molecule has 3 heterocycles. The fourth-order valence-corrected chi connectivity index (χ4v) is 7.55. The van der Waals surface area contributed by atoms with E-state index in [-0.39, 0.29) is 17.5 Å². The van der Waals surface area contributed by atoms with Crippen LogP contribution in [0, 0.1) is 0 Å². The molecule has 192 valence electrons. The minimum Gasteiger partial charge on any atom is -0.456 e. The SMILES string of the molecule is CC12C=CC=CC1N(c1ccc3oc4cc5c(cc4c3c1)C1C=CC=CC1N5c1ccccc1)c1ccccc12. The summed E-state index contributed by atoms with van der Waals surface area (Å²) in [6.45, 7) is 2.35. The number of anilines is 4. The van der Waals surface area contributed by atoms with Crippen LogP contribution in [-0.4, -0.2) is 12.1 Å². The van der Waals surface area contributed by atoms with Crippen LogP contribution >= 0.6 is 0 Å². The standard InChI is InChI=1S/C37H28N2O/c1-37-20-10-9-17-36(37)39(32-16-8-6-14-30(32)37)25-18-19-34-28(21-25)29-22-27-26-13-5-7-15-31(26)38(24-11-3-2-4-12-24)33(27)23-35(29)40-34/h2-23,26,31,36H,1H3. The molecule has 0 saturated heterocycles. The fraction of sp³-hybridized carbons (Fsp3) is 0.135. The molecule has 3 nitrogen and oxygen atoms in total. The van der Waals surface area contributed by atoms with Gasteiger partial charge in [0.1, 0.15) is 11.2 Å². The zero-order valence-electron chi connectivity index (χ0n) is 22.2. The van der Waals surface area contributed by atoms with E-state index in [1.54, 1.807) is 0 Å². The largest absolute Gasteiger partial charge is 0.456 e. The highest BCUT2D eigenvalue weighted by molar-refractivity contribution is 6.08. The quantitative estimate of drug-likeness (QED) is 0.233. The van der Waals surface area contributed by atoms with Crippen molar-refractivity contribution >= 4 is 44.7 Å². The lowest BCUT2D eigenvalue weighted by molar-refractivity contribution is 0.551. The molecule has 4 atom stereocenters. The Kier molecular flexibility index (Phi) is 4.36. The van der Waals surface area contributed by atoms with Crippen LogP contribution in [0.2, 0.25) is 0 Å². The summed E-state index contributed by atoms with van der Waals surface area (Å²) in [5.41, 5.74) is 9.45. The number of fused-ring (bicyclic) bond motifs is 9. The molecule has 0 saturated carbocycles. The third kappa shape index (κ3) is 2.84. The van der Waals surface area contributed by atoms with Crippen molar-refractivity contribution in [2.75, 3.05) is 9.80 Å². The highest BCUT2D eigenvalue weighted by atomic mass is 16.3. The Labute approximate surface area is 233 Å². The Morgan fingerprint density at radius 2 is 1.45 bits per heavy atom. The van der Waals surface area contributed by atoms with Crippen molar-refractivity contribution in [3.05, 3.63) is 145 Å². The Morgan fingerprint density at radius 3 is 2.38 bits per heavy atom. The van der Waals surface area contributed by atoms with Gasteiger partial charge in [-0.2, -0.15) is 0 Å². The number of hydrogen-bond acceptors (Lipinski definition) is 3. The lowest BCUT2D eigenvalue weighted by atomic mass is 9.76.